The molecule has 0 unspecified atom stereocenters. The minimum absolute atomic E-state index is 0.287. The second-order valence-electron chi connectivity index (χ2n) is 16.4. The Morgan fingerprint density at radius 2 is 1.11 bits per heavy atom. The summed E-state index contributed by atoms with van der Waals surface area (Å²) in [4.78, 5) is 14.8. The number of fused-ring (bicyclic) bond motifs is 12. The average Bonchev–Trinajstić information content (AvgIpc) is 3.85. The van der Waals surface area contributed by atoms with Crippen LogP contribution in [0, 0.1) is 11.3 Å². The van der Waals surface area contributed by atoms with Gasteiger partial charge in [0.25, 0.3) is 0 Å². The number of nitriles is 1. The topological polar surface area (TPSA) is 85.5 Å². The van der Waals surface area contributed by atoms with Crippen LogP contribution in [0.1, 0.15) is 58.8 Å². The van der Waals surface area contributed by atoms with Crippen molar-refractivity contribution >= 4 is 65.6 Å². The van der Waals surface area contributed by atoms with Crippen LogP contribution >= 0.6 is 0 Å². The first kappa shape index (κ1) is 32.8. The van der Waals surface area contributed by atoms with Crippen molar-refractivity contribution in [3.8, 4) is 28.8 Å². The third-order valence-corrected chi connectivity index (χ3v) is 10.7. The van der Waals surface area contributed by atoms with Crippen LogP contribution in [-0.2, 0) is 10.8 Å². The van der Waals surface area contributed by atoms with E-state index in [0.717, 1.165) is 94.1 Å². The van der Waals surface area contributed by atoms with Gasteiger partial charge in [-0.1, -0.05) is 114 Å². The zero-order valence-electron chi connectivity index (χ0n) is 31.6. The summed E-state index contributed by atoms with van der Waals surface area (Å²) >= 11 is 0. The molecule has 0 saturated heterocycles. The van der Waals surface area contributed by atoms with Gasteiger partial charge in [0, 0.05) is 43.6 Å². The first-order valence-electron chi connectivity index (χ1n) is 18.7. The fourth-order valence-corrected chi connectivity index (χ4v) is 8.11. The Morgan fingerprint density at radius 3 is 1.76 bits per heavy atom. The maximum absolute atomic E-state index is 11.0. The van der Waals surface area contributed by atoms with Gasteiger partial charge in [0.2, 0.25) is 0 Å². The Bertz CT molecular complexity index is 3200. The summed E-state index contributed by atoms with van der Waals surface area (Å²) in [6, 6.07) is 44.4. The van der Waals surface area contributed by atoms with Crippen LogP contribution in [0.2, 0.25) is 0 Å². The zero-order chi connectivity index (χ0) is 37.8. The maximum Gasteiger partial charge on any atom is 0.163 e. The van der Waals surface area contributed by atoms with Crippen molar-refractivity contribution in [3.05, 3.63) is 139 Å². The molecule has 0 amide bonds. The lowest BCUT2D eigenvalue weighted by Crippen LogP contribution is -2.24. The molecule has 4 heterocycles. The van der Waals surface area contributed by atoms with Crippen LogP contribution in [0.25, 0.3) is 88.3 Å². The molecule has 0 fully saturated rings. The average molecular weight is 715 g/mol. The summed E-state index contributed by atoms with van der Waals surface area (Å²) in [5, 5.41) is 17.4. The van der Waals surface area contributed by atoms with Gasteiger partial charge in [0.1, 0.15) is 28.9 Å². The minimum Gasteiger partial charge on any atom is -0.455 e. The van der Waals surface area contributed by atoms with Crippen molar-refractivity contribution in [2.45, 2.75) is 52.4 Å². The van der Waals surface area contributed by atoms with Gasteiger partial charge >= 0.3 is 0 Å². The standard InChI is InChI=1S/C48H38N6O/c1-47(2,3)45-50-44(51-46(52-45)48(4,5)6)28-24-25-34(29(26-28)27-49)54-36-22-14-10-18-31(36)38-41-39(43-40(42(38)54)33-20-12-15-23-37(33)55-43)32-19-11-13-21-35(32)53(41)30-16-8-7-9-17-30/h7-26H,1-6H3. The quantitative estimate of drug-likeness (QED) is 0.182. The molecule has 55 heavy (non-hydrogen) atoms. The first-order chi connectivity index (χ1) is 26.5. The summed E-state index contributed by atoms with van der Waals surface area (Å²) in [6.45, 7) is 12.7. The van der Waals surface area contributed by atoms with Gasteiger partial charge < -0.3 is 13.6 Å². The van der Waals surface area contributed by atoms with Crippen molar-refractivity contribution in [3.63, 3.8) is 0 Å². The van der Waals surface area contributed by atoms with E-state index in [1.807, 2.05) is 36.4 Å². The highest BCUT2D eigenvalue weighted by Gasteiger charge is 2.29. The molecular formula is C48H38N6O. The second kappa shape index (κ2) is 11.6. The molecule has 0 aliphatic carbocycles. The third-order valence-electron chi connectivity index (χ3n) is 10.7. The summed E-state index contributed by atoms with van der Waals surface area (Å²) in [5.41, 5.74) is 8.32. The number of furan rings is 1. The monoisotopic (exact) mass is 714 g/mol. The van der Waals surface area contributed by atoms with E-state index in [0.29, 0.717) is 11.4 Å². The number of benzene rings is 6. The fourth-order valence-electron chi connectivity index (χ4n) is 8.11. The highest BCUT2D eigenvalue weighted by molar-refractivity contribution is 6.39. The Labute approximate surface area is 318 Å². The van der Waals surface area contributed by atoms with E-state index < -0.39 is 0 Å². The third kappa shape index (κ3) is 4.84. The van der Waals surface area contributed by atoms with Crippen molar-refractivity contribution in [2.75, 3.05) is 0 Å². The highest BCUT2D eigenvalue weighted by Crippen LogP contribution is 2.49. The SMILES string of the molecule is CC(C)(C)c1nc(-c2ccc(-n3c4ccccc4c4c5c(c6ccccc6n5-c5ccccc5)c5oc6ccccc6c5c43)c(C#N)c2)nc(C(C)(C)C)n1. The van der Waals surface area contributed by atoms with Crippen molar-refractivity contribution in [2.24, 2.45) is 0 Å². The number of rotatable bonds is 3. The predicted octanol–water partition coefficient (Wildman–Crippen LogP) is 12.1. The second-order valence-corrected chi connectivity index (χ2v) is 16.4. The van der Waals surface area contributed by atoms with E-state index in [2.05, 4.69) is 142 Å². The molecule has 0 atom stereocenters. The molecule has 4 aromatic heterocycles. The molecule has 7 heteroatoms. The van der Waals surface area contributed by atoms with Crippen LogP contribution in [0.4, 0.5) is 0 Å². The molecule has 0 spiro atoms. The molecule has 266 valence electrons. The van der Waals surface area contributed by atoms with E-state index in [1.165, 1.54) is 0 Å². The largest absolute Gasteiger partial charge is 0.455 e. The molecule has 0 radical (unpaired) electrons. The van der Waals surface area contributed by atoms with Crippen LogP contribution in [0.3, 0.4) is 0 Å². The molecule has 0 saturated carbocycles. The maximum atomic E-state index is 11.0. The molecule has 0 aliphatic rings. The smallest absolute Gasteiger partial charge is 0.163 e. The molecular weight excluding hydrogens is 677 g/mol. The molecule has 7 nitrogen and oxygen atoms in total. The van der Waals surface area contributed by atoms with Crippen LogP contribution in [0.5, 0.6) is 0 Å². The summed E-state index contributed by atoms with van der Waals surface area (Å²) in [6.07, 6.45) is 0. The van der Waals surface area contributed by atoms with Crippen LogP contribution in [-0.4, -0.2) is 24.1 Å². The first-order valence-corrected chi connectivity index (χ1v) is 18.7. The van der Waals surface area contributed by atoms with E-state index in [4.69, 9.17) is 19.4 Å². The van der Waals surface area contributed by atoms with Gasteiger partial charge in [-0.15, -0.1) is 0 Å². The Balaban J connectivity index is 1.37. The number of aromatic nitrogens is 5. The van der Waals surface area contributed by atoms with Gasteiger partial charge in [-0.25, -0.2) is 15.0 Å². The van der Waals surface area contributed by atoms with Gasteiger partial charge in [-0.3, -0.25) is 0 Å². The summed E-state index contributed by atoms with van der Waals surface area (Å²) in [5.74, 6) is 2.01. The van der Waals surface area contributed by atoms with E-state index in [9.17, 15) is 5.26 Å². The van der Waals surface area contributed by atoms with Crippen molar-refractivity contribution in [1.29, 1.82) is 5.26 Å². The molecule has 10 aromatic rings. The number of nitrogens with zero attached hydrogens (tertiary/aromatic N) is 6. The lowest BCUT2D eigenvalue weighted by Gasteiger charge is -2.23. The van der Waals surface area contributed by atoms with Crippen LogP contribution in [0.15, 0.2) is 126 Å². The molecule has 0 aliphatic heterocycles. The van der Waals surface area contributed by atoms with Crippen LogP contribution < -0.4 is 0 Å². The Morgan fingerprint density at radius 1 is 0.564 bits per heavy atom. The fraction of sp³-hybridized carbons (Fsp3) is 0.167. The summed E-state index contributed by atoms with van der Waals surface area (Å²) in [7, 11) is 0. The number of hydrogen-bond donors (Lipinski definition) is 0. The molecule has 0 N–H and O–H groups in total. The number of hydrogen-bond acceptors (Lipinski definition) is 5. The number of para-hydroxylation sites is 4. The van der Waals surface area contributed by atoms with Crippen molar-refractivity contribution < 1.29 is 4.42 Å². The highest BCUT2D eigenvalue weighted by atomic mass is 16.3. The van der Waals surface area contributed by atoms with Gasteiger partial charge in [0.05, 0.1) is 44.1 Å². The Hall–Kier alpha value is -6.78. The van der Waals surface area contributed by atoms with E-state index in [-0.39, 0.29) is 10.8 Å². The minimum atomic E-state index is -0.287. The molecule has 0 bridgehead atoms. The van der Waals surface area contributed by atoms with E-state index in [1.54, 1.807) is 0 Å². The van der Waals surface area contributed by atoms with Gasteiger partial charge in [0.15, 0.2) is 5.82 Å². The normalized spacial score (nSPS) is 12.5. The van der Waals surface area contributed by atoms with Gasteiger partial charge in [-0.2, -0.15) is 5.26 Å². The lowest BCUT2D eigenvalue weighted by atomic mass is 9.93. The lowest BCUT2D eigenvalue weighted by molar-refractivity contribution is 0.497. The van der Waals surface area contributed by atoms with E-state index >= 15 is 0 Å². The zero-order valence-corrected chi connectivity index (χ0v) is 31.6. The van der Waals surface area contributed by atoms with Gasteiger partial charge in [-0.05, 0) is 48.5 Å². The Kier molecular flexibility index (Phi) is 6.93. The predicted molar refractivity (Wildman–Crippen MR) is 223 cm³/mol. The summed E-state index contributed by atoms with van der Waals surface area (Å²) < 4.78 is 11.5. The molecule has 10 rings (SSSR count). The molecule has 6 aromatic carbocycles. The van der Waals surface area contributed by atoms with Crippen molar-refractivity contribution in [1.82, 2.24) is 24.1 Å².